The number of rotatable bonds is 9. The molecule has 164 valence electrons. The number of ether oxygens (including phenoxy) is 1. The number of hydrogen-bond acceptors (Lipinski definition) is 4. The van der Waals surface area contributed by atoms with E-state index in [9.17, 15) is 15.0 Å². The van der Waals surface area contributed by atoms with Crippen molar-refractivity contribution in [2.45, 2.75) is 78.7 Å². The first-order chi connectivity index (χ1) is 14.1. The second kappa shape index (κ2) is 10.5. The van der Waals surface area contributed by atoms with Gasteiger partial charge in [0.15, 0.2) is 0 Å². The van der Waals surface area contributed by atoms with Crippen molar-refractivity contribution in [2.24, 2.45) is 5.92 Å². The molecular formula is C26H36O4. The Kier molecular flexibility index (Phi) is 8.33. The summed E-state index contributed by atoms with van der Waals surface area (Å²) in [7, 11) is 0. The van der Waals surface area contributed by atoms with Crippen molar-refractivity contribution in [2.75, 3.05) is 0 Å². The van der Waals surface area contributed by atoms with E-state index in [4.69, 9.17) is 4.74 Å². The van der Waals surface area contributed by atoms with Crippen molar-refractivity contribution in [1.29, 1.82) is 0 Å². The van der Waals surface area contributed by atoms with Crippen LogP contribution in [0.4, 0.5) is 0 Å². The van der Waals surface area contributed by atoms with Gasteiger partial charge in [-0.25, -0.2) is 0 Å². The third-order valence-corrected chi connectivity index (χ3v) is 5.66. The molecule has 0 aliphatic rings. The van der Waals surface area contributed by atoms with Crippen molar-refractivity contribution in [3.05, 3.63) is 58.7 Å². The van der Waals surface area contributed by atoms with E-state index in [1.54, 1.807) is 12.1 Å². The molecular weight excluding hydrogens is 376 g/mol. The molecule has 0 aliphatic carbocycles. The van der Waals surface area contributed by atoms with Crippen LogP contribution in [0.1, 0.15) is 82.1 Å². The highest BCUT2D eigenvalue weighted by atomic mass is 16.5. The minimum Gasteiger partial charge on any atom is -0.508 e. The van der Waals surface area contributed by atoms with Gasteiger partial charge in [-0.15, -0.1) is 0 Å². The second-order valence-electron chi connectivity index (χ2n) is 8.96. The van der Waals surface area contributed by atoms with Gasteiger partial charge < -0.3 is 14.9 Å². The van der Waals surface area contributed by atoms with Gasteiger partial charge in [-0.3, -0.25) is 4.79 Å². The summed E-state index contributed by atoms with van der Waals surface area (Å²) in [5.74, 6) is 1.01. The normalized spacial score (nSPS) is 13.5. The van der Waals surface area contributed by atoms with Gasteiger partial charge in [0.2, 0.25) is 0 Å². The van der Waals surface area contributed by atoms with Crippen LogP contribution in [0.15, 0.2) is 36.4 Å². The Balaban J connectivity index is 2.12. The summed E-state index contributed by atoms with van der Waals surface area (Å²) in [6.45, 7) is 11.8. The van der Waals surface area contributed by atoms with E-state index in [2.05, 4.69) is 40.7 Å². The summed E-state index contributed by atoms with van der Waals surface area (Å²) in [6, 6.07) is 11.5. The Hall–Kier alpha value is -2.49. The number of carbonyl (C=O) groups is 1. The largest absolute Gasteiger partial charge is 0.508 e. The van der Waals surface area contributed by atoms with Gasteiger partial charge in [0.25, 0.3) is 0 Å². The van der Waals surface area contributed by atoms with Gasteiger partial charge in [0.05, 0.1) is 0 Å². The fourth-order valence-corrected chi connectivity index (χ4v) is 3.90. The number of esters is 1. The van der Waals surface area contributed by atoms with Gasteiger partial charge >= 0.3 is 5.97 Å². The molecule has 2 aromatic carbocycles. The SMILES string of the molecule is CC(=O)OC(CCc1ccc(O)c(C(C)C)c1)C(C)Cc1ccc(O)c(C(C)C)c1. The maximum Gasteiger partial charge on any atom is 0.302 e. The number of aromatic hydroxyl groups is 2. The molecule has 0 saturated heterocycles. The summed E-state index contributed by atoms with van der Waals surface area (Å²) < 4.78 is 5.67. The van der Waals surface area contributed by atoms with Gasteiger partial charge in [-0.1, -0.05) is 58.9 Å². The van der Waals surface area contributed by atoms with Crippen LogP contribution in [0, 0.1) is 5.92 Å². The van der Waals surface area contributed by atoms with Crippen molar-refractivity contribution in [3.63, 3.8) is 0 Å². The Bertz CT molecular complexity index is 854. The van der Waals surface area contributed by atoms with Crippen molar-refractivity contribution in [3.8, 4) is 11.5 Å². The van der Waals surface area contributed by atoms with E-state index in [0.29, 0.717) is 11.5 Å². The molecule has 0 heterocycles. The van der Waals surface area contributed by atoms with Crippen LogP contribution in [-0.4, -0.2) is 22.3 Å². The van der Waals surface area contributed by atoms with Crippen LogP contribution in [0.5, 0.6) is 11.5 Å². The molecule has 0 fully saturated rings. The van der Waals surface area contributed by atoms with Crippen molar-refractivity contribution in [1.82, 2.24) is 0 Å². The Morgan fingerprint density at radius 3 is 1.87 bits per heavy atom. The highest BCUT2D eigenvalue weighted by Crippen LogP contribution is 2.30. The number of phenolic OH excluding ortho intramolecular Hbond substituents is 2. The number of carbonyl (C=O) groups excluding carboxylic acids is 1. The quantitative estimate of drug-likeness (QED) is 0.489. The van der Waals surface area contributed by atoms with E-state index < -0.39 is 0 Å². The maximum atomic E-state index is 11.7. The summed E-state index contributed by atoms with van der Waals surface area (Å²) >= 11 is 0. The van der Waals surface area contributed by atoms with E-state index in [-0.39, 0.29) is 29.8 Å². The number of aryl methyl sites for hydroxylation is 1. The molecule has 0 saturated carbocycles. The Morgan fingerprint density at radius 1 is 0.867 bits per heavy atom. The molecule has 0 amide bonds. The molecule has 0 bridgehead atoms. The lowest BCUT2D eigenvalue weighted by Gasteiger charge is -2.24. The van der Waals surface area contributed by atoms with Crippen LogP contribution < -0.4 is 0 Å². The molecule has 4 heteroatoms. The van der Waals surface area contributed by atoms with Crippen LogP contribution in [-0.2, 0) is 22.4 Å². The molecule has 2 atom stereocenters. The zero-order chi connectivity index (χ0) is 22.4. The predicted molar refractivity (Wildman–Crippen MR) is 121 cm³/mol. The monoisotopic (exact) mass is 412 g/mol. The zero-order valence-electron chi connectivity index (χ0n) is 19.1. The maximum absolute atomic E-state index is 11.7. The fourth-order valence-electron chi connectivity index (χ4n) is 3.90. The van der Waals surface area contributed by atoms with E-state index in [0.717, 1.165) is 41.5 Å². The van der Waals surface area contributed by atoms with Crippen molar-refractivity contribution < 1.29 is 19.7 Å². The topological polar surface area (TPSA) is 66.8 Å². The average molecular weight is 413 g/mol. The third kappa shape index (κ3) is 6.51. The smallest absolute Gasteiger partial charge is 0.302 e. The molecule has 2 aromatic rings. The Morgan fingerprint density at radius 2 is 1.37 bits per heavy atom. The lowest BCUT2D eigenvalue weighted by Crippen LogP contribution is -2.26. The average Bonchev–Trinajstić information content (AvgIpc) is 2.66. The van der Waals surface area contributed by atoms with E-state index in [1.807, 2.05) is 18.2 Å². The first-order valence-corrected chi connectivity index (χ1v) is 10.9. The predicted octanol–water partition coefficient (Wildman–Crippen LogP) is 6.09. The molecule has 2 N–H and O–H groups in total. The molecule has 0 radical (unpaired) electrons. The van der Waals surface area contributed by atoms with Gasteiger partial charge in [0.1, 0.15) is 17.6 Å². The highest BCUT2D eigenvalue weighted by molar-refractivity contribution is 5.66. The van der Waals surface area contributed by atoms with Crippen LogP contribution in [0.25, 0.3) is 0 Å². The Labute approximate surface area is 180 Å². The minimum absolute atomic E-state index is 0.139. The van der Waals surface area contributed by atoms with Gasteiger partial charge in [-0.2, -0.15) is 0 Å². The van der Waals surface area contributed by atoms with Gasteiger partial charge in [0, 0.05) is 6.92 Å². The second-order valence-corrected chi connectivity index (χ2v) is 8.96. The van der Waals surface area contributed by atoms with Crippen molar-refractivity contribution >= 4 is 5.97 Å². The number of phenols is 2. The lowest BCUT2D eigenvalue weighted by atomic mass is 9.89. The molecule has 0 spiro atoms. The van der Waals surface area contributed by atoms with Crippen LogP contribution in [0.2, 0.25) is 0 Å². The van der Waals surface area contributed by atoms with Gasteiger partial charge in [-0.05, 0) is 71.4 Å². The lowest BCUT2D eigenvalue weighted by molar-refractivity contribution is -0.149. The third-order valence-electron chi connectivity index (χ3n) is 5.66. The summed E-state index contributed by atoms with van der Waals surface area (Å²) in [4.78, 5) is 11.7. The first-order valence-electron chi connectivity index (χ1n) is 10.9. The van der Waals surface area contributed by atoms with Crippen LogP contribution in [0.3, 0.4) is 0 Å². The van der Waals surface area contributed by atoms with E-state index >= 15 is 0 Å². The number of benzene rings is 2. The summed E-state index contributed by atoms with van der Waals surface area (Å²) in [6.07, 6.45) is 2.06. The molecule has 4 nitrogen and oxygen atoms in total. The first kappa shape index (κ1) is 23.8. The molecule has 2 rings (SSSR count). The van der Waals surface area contributed by atoms with Crippen LogP contribution >= 0.6 is 0 Å². The molecule has 2 unspecified atom stereocenters. The standard InChI is InChI=1S/C26H36O4/c1-16(2)22-14-20(7-10-24(22)28)9-12-26(30-19(6)27)18(5)13-21-8-11-25(29)23(15-21)17(3)4/h7-8,10-11,14-18,26,28-29H,9,12-13H2,1-6H3. The fraction of sp³-hybridized carbons (Fsp3) is 0.500. The highest BCUT2D eigenvalue weighted by Gasteiger charge is 2.22. The summed E-state index contributed by atoms with van der Waals surface area (Å²) in [5, 5.41) is 20.1. The summed E-state index contributed by atoms with van der Waals surface area (Å²) in [5.41, 5.74) is 4.14. The number of hydrogen-bond donors (Lipinski definition) is 2. The molecule has 0 aliphatic heterocycles. The molecule has 0 aromatic heterocycles. The molecule has 30 heavy (non-hydrogen) atoms. The zero-order valence-corrected chi connectivity index (χ0v) is 19.1. The van der Waals surface area contributed by atoms with E-state index in [1.165, 1.54) is 6.92 Å². The minimum atomic E-state index is -0.269.